The van der Waals surface area contributed by atoms with Gasteiger partial charge in [0, 0.05) is 46.2 Å². The summed E-state index contributed by atoms with van der Waals surface area (Å²) in [7, 11) is 0. The van der Waals surface area contributed by atoms with Gasteiger partial charge < -0.3 is 19.4 Å². The summed E-state index contributed by atoms with van der Waals surface area (Å²) in [6, 6.07) is 0.0801. The van der Waals surface area contributed by atoms with Crippen molar-refractivity contribution in [3.63, 3.8) is 0 Å². The number of amides is 3. The molecule has 0 aliphatic carbocycles. The van der Waals surface area contributed by atoms with Crippen LogP contribution < -0.4 is 0 Å². The molecule has 6 nitrogen and oxygen atoms in total. The SMILES string of the molecule is CC.CC(=O)N1CCN(C(=O)N2CCOCC2)CC1. The predicted octanol–water partition coefficient (Wildman–Crippen LogP) is 0.629. The maximum absolute atomic E-state index is 12.1. The van der Waals surface area contributed by atoms with E-state index in [1.54, 1.807) is 11.8 Å². The van der Waals surface area contributed by atoms with E-state index < -0.39 is 0 Å². The van der Waals surface area contributed by atoms with Gasteiger partial charge in [-0.3, -0.25) is 4.79 Å². The molecule has 0 aromatic heterocycles. The van der Waals surface area contributed by atoms with Crippen molar-refractivity contribution in [2.45, 2.75) is 20.8 Å². The standard InChI is InChI=1S/C11H19N3O3.C2H6/c1-10(15)12-2-4-13(5-3-12)11(16)14-6-8-17-9-7-14;1-2/h2-9H2,1H3;1-2H3. The van der Waals surface area contributed by atoms with Crippen molar-refractivity contribution >= 4 is 11.9 Å². The second-order valence-electron chi connectivity index (χ2n) is 4.38. The molecule has 0 radical (unpaired) electrons. The van der Waals surface area contributed by atoms with E-state index in [1.807, 2.05) is 23.6 Å². The third kappa shape index (κ3) is 4.38. The van der Waals surface area contributed by atoms with E-state index in [2.05, 4.69) is 0 Å². The molecule has 0 bridgehead atoms. The van der Waals surface area contributed by atoms with Crippen LogP contribution in [-0.4, -0.2) is 79.1 Å². The summed E-state index contributed by atoms with van der Waals surface area (Å²) in [4.78, 5) is 28.7. The number of urea groups is 1. The summed E-state index contributed by atoms with van der Waals surface area (Å²) in [5.41, 5.74) is 0. The highest BCUT2D eigenvalue weighted by molar-refractivity contribution is 5.76. The number of carbonyl (C=O) groups is 2. The topological polar surface area (TPSA) is 53.1 Å². The first-order chi connectivity index (χ1) is 9.18. The Bertz CT molecular complexity index is 296. The number of rotatable bonds is 0. The lowest BCUT2D eigenvalue weighted by molar-refractivity contribution is -0.130. The second kappa shape index (κ2) is 7.99. The van der Waals surface area contributed by atoms with E-state index in [0.29, 0.717) is 52.5 Å². The van der Waals surface area contributed by atoms with E-state index in [0.717, 1.165) is 0 Å². The molecule has 2 rings (SSSR count). The highest BCUT2D eigenvalue weighted by Gasteiger charge is 2.26. The lowest BCUT2D eigenvalue weighted by Gasteiger charge is -2.38. The number of carbonyl (C=O) groups excluding carboxylic acids is 2. The molecule has 2 saturated heterocycles. The minimum absolute atomic E-state index is 0.0801. The summed E-state index contributed by atoms with van der Waals surface area (Å²) in [6.07, 6.45) is 0. The molecule has 2 fully saturated rings. The Labute approximate surface area is 115 Å². The molecule has 6 heteroatoms. The normalized spacial score (nSPS) is 19.6. The zero-order valence-corrected chi connectivity index (χ0v) is 12.2. The van der Waals surface area contributed by atoms with E-state index in [9.17, 15) is 9.59 Å². The van der Waals surface area contributed by atoms with Gasteiger partial charge in [-0.15, -0.1) is 0 Å². The van der Waals surface area contributed by atoms with Crippen LogP contribution in [0.5, 0.6) is 0 Å². The number of piperazine rings is 1. The third-order valence-electron chi connectivity index (χ3n) is 3.28. The maximum Gasteiger partial charge on any atom is 0.320 e. The largest absolute Gasteiger partial charge is 0.378 e. The van der Waals surface area contributed by atoms with Crippen LogP contribution >= 0.6 is 0 Å². The van der Waals surface area contributed by atoms with E-state index >= 15 is 0 Å². The van der Waals surface area contributed by atoms with Crippen molar-refractivity contribution in [3.05, 3.63) is 0 Å². The first-order valence-corrected chi connectivity index (χ1v) is 7.05. The minimum Gasteiger partial charge on any atom is -0.378 e. The maximum atomic E-state index is 12.1. The summed E-state index contributed by atoms with van der Waals surface area (Å²) in [5, 5.41) is 0. The van der Waals surface area contributed by atoms with Crippen LogP contribution in [0.25, 0.3) is 0 Å². The lowest BCUT2D eigenvalue weighted by Crippen LogP contribution is -2.55. The zero-order valence-electron chi connectivity index (χ0n) is 12.2. The molecule has 110 valence electrons. The molecule has 2 aliphatic rings. The van der Waals surface area contributed by atoms with Gasteiger partial charge in [-0.05, 0) is 0 Å². The number of nitrogens with zero attached hydrogens (tertiary/aromatic N) is 3. The molecule has 0 unspecified atom stereocenters. The molecule has 2 aliphatic heterocycles. The predicted molar refractivity (Wildman–Crippen MR) is 73.0 cm³/mol. The van der Waals surface area contributed by atoms with Gasteiger partial charge in [-0.25, -0.2) is 4.79 Å². The van der Waals surface area contributed by atoms with Crippen molar-refractivity contribution in [2.75, 3.05) is 52.5 Å². The Hall–Kier alpha value is -1.30. The fourth-order valence-corrected chi connectivity index (χ4v) is 2.17. The molecular weight excluding hydrogens is 246 g/mol. The van der Waals surface area contributed by atoms with Crippen molar-refractivity contribution < 1.29 is 14.3 Å². The van der Waals surface area contributed by atoms with Crippen LogP contribution in [0.4, 0.5) is 4.79 Å². The molecule has 3 amide bonds. The first-order valence-electron chi connectivity index (χ1n) is 7.05. The average molecular weight is 271 g/mol. The molecule has 0 aromatic rings. The van der Waals surface area contributed by atoms with Gasteiger partial charge in [-0.1, -0.05) is 13.8 Å². The minimum atomic E-state index is 0.0801. The van der Waals surface area contributed by atoms with Crippen LogP contribution in [0, 0.1) is 0 Å². The summed E-state index contributed by atoms with van der Waals surface area (Å²) < 4.78 is 5.22. The Morgan fingerprint density at radius 3 is 1.68 bits per heavy atom. The highest BCUT2D eigenvalue weighted by atomic mass is 16.5. The Kier molecular flexibility index (Phi) is 6.62. The van der Waals surface area contributed by atoms with Crippen molar-refractivity contribution in [1.29, 1.82) is 0 Å². The van der Waals surface area contributed by atoms with Gasteiger partial charge in [0.15, 0.2) is 0 Å². The van der Waals surface area contributed by atoms with Crippen LogP contribution in [0.15, 0.2) is 0 Å². The van der Waals surface area contributed by atoms with Gasteiger partial charge in [0.25, 0.3) is 0 Å². The van der Waals surface area contributed by atoms with Crippen molar-refractivity contribution in [3.8, 4) is 0 Å². The van der Waals surface area contributed by atoms with Crippen molar-refractivity contribution in [1.82, 2.24) is 14.7 Å². The van der Waals surface area contributed by atoms with E-state index in [-0.39, 0.29) is 11.9 Å². The fourth-order valence-electron chi connectivity index (χ4n) is 2.17. The first kappa shape index (κ1) is 15.8. The van der Waals surface area contributed by atoms with Crippen LogP contribution in [0.3, 0.4) is 0 Å². The number of hydrogen-bond acceptors (Lipinski definition) is 3. The Balaban J connectivity index is 0.000000861. The second-order valence-corrected chi connectivity index (χ2v) is 4.38. The van der Waals surface area contributed by atoms with Crippen LogP contribution in [0.2, 0.25) is 0 Å². The Morgan fingerprint density at radius 2 is 1.21 bits per heavy atom. The van der Waals surface area contributed by atoms with Gasteiger partial charge >= 0.3 is 6.03 Å². The molecule has 0 N–H and O–H groups in total. The van der Waals surface area contributed by atoms with E-state index in [1.165, 1.54) is 0 Å². The molecule has 0 atom stereocenters. The van der Waals surface area contributed by atoms with E-state index in [4.69, 9.17) is 4.74 Å². The van der Waals surface area contributed by atoms with Gasteiger partial charge in [0.2, 0.25) is 5.91 Å². The molecular formula is C13H25N3O3. The Morgan fingerprint density at radius 1 is 0.789 bits per heavy atom. The fraction of sp³-hybridized carbons (Fsp3) is 0.846. The van der Waals surface area contributed by atoms with Crippen molar-refractivity contribution in [2.24, 2.45) is 0 Å². The average Bonchev–Trinajstić information content (AvgIpc) is 2.49. The smallest absolute Gasteiger partial charge is 0.320 e. The van der Waals surface area contributed by atoms with Gasteiger partial charge in [0.1, 0.15) is 0 Å². The van der Waals surface area contributed by atoms with Crippen LogP contribution in [0.1, 0.15) is 20.8 Å². The number of ether oxygens (including phenoxy) is 1. The van der Waals surface area contributed by atoms with Crippen LogP contribution in [-0.2, 0) is 9.53 Å². The third-order valence-corrected chi connectivity index (χ3v) is 3.28. The number of morpholine rings is 1. The number of hydrogen-bond donors (Lipinski definition) is 0. The molecule has 2 heterocycles. The van der Waals surface area contributed by atoms with Gasteiger partial charge in [-0.2, -0.15) is 0 Å². The highest BCUT2D eigenvalue weighted by Crippen LogP contribution is 2.07. The zero-order chi connectivity index (χ0) is 14.3. The monoisotopic (exact) mass is 271 g/mol. The molecule has 19 heavy (non-hydrogen) atoms. The lowest BCUT2D eigenvalue weighted by atomic mass is 10.3. The molecule has 0 aromatic carbocycles. The quantitative estimate of drug-likeness (QED) is 0.649. The summed E-state index contributed by atoms with van der Waals surface area (Å²) >= 11 is 0. The summed E-state index contributed by atoms with van der Waals surface area (Å²) in [6.45, 7) is 10.7. The summed E-state index contributed by atoms with van der Waals surface area (Å²) in [5.74, 6) is 0.0865. The van der Waals surface area contributed by atoms with Gasteiger partial charge in [0.05, 0.1) is 13.2 Å². The molecule has 0 spiro atoms. The molecule has 0 saturated carbocycles.